The smallest absolute Gasteiger partial charge is 0.214 e. The average Bonchev–Trinajstić information content (AvgIpc) is 2.03. The molecule has 1 saturated heterocycles. The van der Waals surface area contributed by atoms with Gasteiger partial charge in [0.15, 0.2) is 0 Å². The van der Waals surface area contributed by atoms with Crippen LogP contribution in [0.1, 0.15) is 33.6 Å². The lowest BCUT2D eigenvalue weighted by atomic mass is 9.94. The van der Waals surface area contributed by atoms with Gasteiger partial charge in [-0.2, -0.15) is 0 Å². The van der Waals surface area contributed by atoms with Gasteiger partial charge in [0.2, 0.25) is 10.0 Å². The van der Waals surface area contributed by atoms with Crippen LogP contribution in [0.4, 0.5) is 0 Å². The maximum Gasteiger partial charge on any atom is 0.214 e. The molecule has 1 fully saturated rings. The third-order valence-electron chi connectivity index (χ3n) is 2.61. The zero-order valence-electron chi connectivity index (χ0n) is 9.04. The summed E-state index contributed by atoms with van der Waals surface area (Å²) in [5, 5.41) is -0.373. The normalized spacial score (nSPS) is 22.6. The first-order chi connectivity index (χ1) is 6.36. The van der Waals surface area contributed by atoms with Crippen LogP contribution in [0.5, 0.6) is 0 Å². The summed E-state index contributed by atoms with van der Waals surface area (Å²) in [4.78, 5) is 0. The zero-order valence-corrected chi connectivity index (χ0v) is 9.86. The van der Waals surface area contributed by atoms with E-state index in [1.54, 1.807) is 13.8 Å². The number of hydrogen-bond acceptors (Lipinski definition) is 3. The van der Waals surface area contributed by atoms with Crippen LogP contribution < -0.4 is 4.72 Å². The van der Waals surface area contributed by atoms with Crippen molar-refractivity contribution < 1.29 is 13.2 Å². The van der Waals surface area contributed by atoms with E-state index in [1.807, 2.05) is 6.92 Å². The first-order valence-corrected chi connectivity index (χ1v) is 6.51. The second-order valence-electron chi connectivity index (χ2n) is 4.37. The van der Waals surface area contributed by atoms with Crippen LogP contribution >= 0.6 is 0 Å². The molecule has 4 nitrogen and oxygen atoms in total. The Labute approximate surface area is 86.1 Å². The Morgan fingerprint density at radius 1 is 1.29 bits per heavy atom. The van der Waals surface area contributed by atoms with E-state index >= 15 is 0 Å². The molecule has 0 aromatic rings. The minimum atomic E-state index is -3.16. The Kier molecular flexibility index (Phi) is 3.55. The van der Waals surface area contributed by atoms with Crippen LogP contribution in [0.25, 0.3) is 0 Å². The number of hydrogen-bond donors (Lipinski definition) is 1. The van der Waals surface area contributed by atoms with Crippen LogP contribution in [0.15, 0.2) is 0 Å². The third kappa shape index (κ3) is 2.93. The summed E-state index contributed by atoms with van der Waals surface area (Å²) in [7, 11) is -3.16. The summed E-state index contributed by atoms with van der Waals surface area (Å²) in [6, 6.07) is 0. The van der Waals surface area contributed by atoms with E-state index < -0.39 is 10.0 Å². The molecule has 1 rings (SSSR count). The highest BCUT2D eigenvalue weighted by atomic mass is 32.2. The molecule has 1 heterocycles. The van der Waals surface area contributed by atoms with E-state index in [2.05, 4.69) is 4.72 Å². The van der Waals surface area contributed by atoms with Crippen molar-refractivity contribution in [1.29, 1.82) is 0 Å². The second kappa shape index (κ2) is 4.16. The van der Waals surface area contributed by atoms with E-state index in [0.717, 1.165) is 12.8 Å². The zero-order chi connectivity index (χ0) is 10.8. The van der Waals surface area contributed by atoms with Gasteiger partial charge in [0.25, 0.3) is 0 Å². The van der Waals surface area contributed by atoms with Gasteiger partial charge in [-0.05, 0) is 33.6 Å². The first kappa shape index (κ1) is 11.9. The number of sulfonamides is 1. The first-order valence-electron chi connectivity index (χ1n) is 4.96. The molecule has 5 heteroatoms. The van der Waals surface area contributed by atoms with Crippen LogP contribution in [0, 0.1) is 0 Å². The van der Waals surface area contributed by atoms with Gasteiger partial charge in [-0.25, -0.2) is 13.1 Å². The predicted molar refractivity (Wildman–Crippen MR) is 55.6 cm³/mol. The fourth-order valence-electron chi connectivity index (χ4n) is 1.39. The van der Waals surface area contributed by atoms with E-state index in [0.29, 0.717) is 13.2 Å². The second-order valence-corrected chi connectivity index (χ2v) is 6.61. The Morgan fingerprint density at radius 2 is 1.79 bits per heavy atom. The van der Waals surface area contributed by atoms with Gasteiger partial charge in [0.1, 0.15) is 0 Å². The van der Waals surface area contributed by atoms with E-state index in [9.17, 15) is 8.42 Å². The van der Waals surface area contributed by atoms with Gasteiger partial charge in [0, 0.05) is 18.8 Å². The van der Waals surface area contributed by atoms with Crippen LogP contribution in [0.2, 0.25) is 0 Å². The molecule has 0 saturated carbocycles. The minimum absolute atomic E-state index is 0.318. The maximum absolute atomic E-state index is 11.7. The largest absolute Gasteiger partial charge is 0.381 e. The molecule has 1 aliphatic heterocycles. The molecule has 0 atom stereocenters. The van der Waals surface area contributed by atoms with Crippen molar-refractivity contribution in [1.82, 2.24) is 4.72 Å². The quantitative estimate of drug-likeness (QED) is 0.770. The van der Waals surface area contributed by atoms with E-state index in [4.69, 9.17) is 4.74 Å². The highest BCUT2D eigenvalue weighted by molar-refractivity contribution is 7.90. The lowest BCUT2D eigenvalue weighted by molar-refractivity contribution is 0.0537. The highest BCUT2D eigenvalue weighted by Gasteiger charge is 2.32. The summed E-state index contributed by atoms with van der Waals surface area (Å²) < 4.78 is 31.3. The summed E-state index contributed by atoms with van der Waals surface area (Å²) in [5.41, 5.74) is -0.318. The summed E-state index contributed by atoms with van der Waals surface area (Å²) >= 11 is 0. The molecule has 0 unspecified atom stereocenters. The van der Waals surface area contributed by atoms with Gasteiger partial charge in [-0.15, -0.1) is 0 Å². The fourth-order valence-corrected chi connectivity index (χ4v) is 2.51. The topological polar surface area (TPSA) is 55.4 Å². The Balaban J connectivity index is 2.66. The number of nitrogens with one attached hydrogen (secondary N) is 1. The summed E-state index contributed by atoms with van der Waals surface area (Å²) in [6.45, 7) is 6.58. The van der Waals surface area contributed by atoms with Gasteiger partial charge in [-0.3, -0.25) is 0 Å². The van der Waals surface area contributed by atoms with Crippen LogP contribution in [-0.4, -0.2) is 32.4 Å². The molecule has 84 valence electrons. The lowest BCUT2D eigenvalue weighted by Crippen LogP contribution is -2.51. The molecule has 1 N–H and O–H groups in total. The highest BCUT2D eigenvalue weighted by Crippen LogP contribution is 2.21. The number of rotatable bonds is 3. The molecule has 14 heavy (non-hydrogen) atoms. The lowest BCUT2D eigenvalue weighted by Gasteiger charge is -2.34. The van der Waals surface area contributed by atoms with Crippen molar-refractivity contribution in [2.45, 2.75) is 44.4 Å². The van der Waals surface area contributed by atoms with Gasteiger partial charge < -0.3 is 4.74 Å². The van der Waals surface area contributed by atoms with E-state index in [-0.39, 0.29) is 10.8 Å². The molecular formula is C9H19NO3S. The minimum Gasteiger partial charge on any atom is -0.381 e. The Bertz CT molecular complexity index is 278. The fraction of sp³-hybridized carbons (Fsp3) is 1.00. The van der Waals surface area contributed by atoms with Crippen molar-refractivity contribution in [3.63, 3.8) is 0 Å². The van der Waals surface area contributed by atoms with Crippen molar-refractivity contribution in [2.24, 2.45) is 0 Å². The molecule has 0 radical (unpaired) electrons. The van der Waals surface area contributed by atoms with Crippen molar-refractivity contribution in [2.75, 3.05) is 13.2 Å². The Hall–Kier alpha value is -0.130. The van der Waals surface area contributed by atoms with Gasteiger partial charge in [-0.1, -0.05) is 0 Å². The number of ether oxygens (including phenoxy) is 1. The SMILES string of the molecule is CC(C)S(=O)(=O)NC1(C)CCOCC1. The molecule has 0 spiro atoms. The summed E-state index contributed by atoms with van der Waals surface area (Å²) in [5.74, 6) is 0. The maximum atomic E-state index is 11.7. The Morgan fingerprint density at radius 3 is 2.21 bits per heavy atom. The molecule has 0 bridgehead atoms. The average molecular weight is 221 g/mol. The van der Waals surface area contributed by atoms with Crippen molar-refractivity contribution in [3.05, 3.63) is 0 Å². The third-order valence-corrected chi connectivity index (χ3v) is 4.62. The molecule has 0 aliphatic carbocycles. The van der Waals surface area contributed by atoms with Crippen molar-refractivity contribution >= 4 is 10.0 Å². The molecular weight excluding hydrogens is 202 g/mol. The molecule has 0 aromatic heterocycles. The molecule has 0 amide bonds. The van der Waals surface area contributed by atoms with Gasteiger partial charge in [0.05, 0.1) is 5.25 Å². The molecule has 0 aromatic carbocycles. The van der Waals surface area contributed by atoms with Crippen LogP contribution in [-0.2, 0) is 14.8 Å². The van der Waals surface area contributed by atoms with E-state index in [1.165, 1.54) is 0 Å². The standard InChI is InChI=1S/C9H19NO3S/c1-8(2)14(11,12)10-9(3)4-6-13-7-5-9/h8,10H,4-7H2,1-3H3. The summed E-state index contributed by atoms with van der Waals surface area (Å²) in [6.07, 6.45) is 1.50. The molecule has 1 aliphatic rings. The monoisotopic (exact) mass is 221 g/mol. The predicted octanol–water partition coefficient (Wildman–Crippen LogP) is 0.883. The van der Waals surface area contributed by atoms with Crippen molar-refractivity contribution in [3.8, 4) is 0 Å². The van der Waals surface area contributed by atoms with Gasteiger partial charge >= 0.3 is 0 Å². The van der Waals surface area contributed by atoms with Crippen LogP contribution in [0.3, 0.4) is 0 Å².